The fourth-order valence-corrected chi connectivity index (χ4v) is 0.919. The van der Waals surface area contributed by atoms with E-state index in [1.54, 1.807) is 0 Å². The molecular formula is C6H7NaO3S. The van der Waals surface area contributed by atoms with Crippen LogP contribution >= 0.6 is 0 Å². The van der Waals surface area contributed by atoms with Gasteiger partial charge in [0, 0.05) is 0 Å². The second-order valence-electron chi connectivity index (χ2n) is 1.89. The average Bonchev–Trinajstić information content (AvgIpc) is 1.87. The van der Waals surface area contributed by atoms with E-state index in [4.69, 9.17) is 13.0 Å². The molecule has 1 rings (SSSR count). The van der Waals surface area contributed by atoms with Crippen molar-refractivity contribution in [1.29, 1.82) is 0 Å². The third kappa shape index (κ3) is 10.1. The number of rotatable bonds is 0. The van der Waals surface area contributed by atoms with Crippen LogP contribution in [-0.2, 0) is 11.0 Å². The summed E-state index contributed by atoms with van der Waals surface area (Å²) in [4.78, 5) is 0. The summed E-state index contributed by atoms with van der Waals surface area (Å²) in [5.41, 5.74) is 0. The Morgan fingerprint density at radius 1 is 1.18 bits per heavy atom. The first-order valence-electron chi connectivity index (χ1n) is 2.98. The topological polar surface area (TPSA) is 54.4 Å². The van der Waals surface area contributed by atoms with Gasteiger partial charge in [-0.1, -0.05) is 0 Å². The van der Waals surface area contributed by atoms with Gasteiger partial charge in [0.2, 0.25) is 0 Å². The molecule has 0 saturated carbocycles. The van der Waals surface area contributed by atoms with Crippen molar-refractivity contribution >= 4 is 41.7 Å². The Balaban J connectivity index is 0.000000218. The number of benzene rings is 1. The summed E-state index contributed by atoms with van der Waals surface area (Å²) in [6.45, 7) is 0. The molecule has 0 atom stereocenters. The average molecular weight is 182 g/mol. The monoisotopic (exact) mass is 182 g/mol. The SMILES string of the molecule is O=[SH](=O)O.[Na][c]1ccccc1. The fraction of sp³-hybridized carbons (Fsp3) is 0. The van der Waals surface area contributed by atoms with Gasteiger partial charge in [0.1, 0.15) is 0 Å². The van der Waals surface area contributed by atoms with E-state index in [1.165, 1.54) is 30.7 Å². The van der Waals surface area contributed by atoms with Crippen molar-refractivity contribution in [2.45, 2.75) is 0 Å². The molecule has 1 aromatic rings. The quantitative estimate of drug-likeness (QED) is 0.324. The van der Waals surface area contributed by atoms with Gasteiger partial charge in [-0.3, -0.25) is 4.55 Å². The molecule has 0 bridgehead atoms. The van der Waals surface area contributed by atoms with Crippen LogP contribution in [0.25, 0.3) is 0 Å². The molecule has 0 fully saturated rings. The molecule has 1 aromatic carbocycles. The van der Waals surface area contributed by atoms with Gasteiger partial charge in [-0.2, -0.15) is 0 Å². The zero-order chi connectivity index (χ0) is 8.69. The van der Waals surface area contributed by atoms with Crippen molar-refractivity contribution < 1.29 is 13.0 Å². The summed E-state index contributed by atoms with van der Waals surface area (Å²) >= 11 is 1.17. The Kier molecular flexibility index (Phi) is 6.90. The first-order valence-corrected chi connectivity index (χ1v) is 5.11. The van der Waals surface area contributed by atoms with Crippen molar-refractivity contribution in [3.8, 4) is 0 Å². The summed E-state index contributed by atoms with van der Waals surface area (Å²) in [6.07, 6.45) is 0. The van der Waals surface area contributed by atoms with Crippen molar-refractivity contribution in [1.82, 2.24) is 0 Å². The molecule has 0 aliphatic carbocycles. The van der Waals surface area contributed by atoms with Gasteiger partial charge in [-0.05, 0) is 0 Å². The van der Waals surface area contributed by atoms with Crippen LogP contribution in [0.1, 0.15) is 0 Å². The van der Waals surface area contributed by atoms with E-state index in [0.717, 1.165) is 0 Å². The zero-order valence-corrected chi connectivity index (χ0v) is 8.99. The van der Waals surface area contributed by atoms with Crippen molar-refractivity contribution in [2.24, 2.45) is 0 Å². The van der Waals surface area contributed by atoms with Gasteiger partial charge in [0.15, 0.2) is 0 Å². The van der Waals surface area contributed by atoms with Crippen LogP contribution in [0, 0.1) is 0 Å². The van der Waals surface area contributed by atoms with Crippen molar-refractivity contribution in [3.05, 3.63) is 30.3 Å². The van der Waals surface area contributed by atoms with Gasteiger partial charge in [-0.15, -0.1) is 0 Å². The molecule has 0 saturated heterocycles. The van der Waals surface area contributed by atoms with Gasteiger partial charge in [0.25, 0.3) is 11.0 Å². The molecule has 0 amide bonds. The van der Waals surface area contributed by atoms with Gasteiger partial charge in [-0.25, -0.2) is 8.42 Å². The molecule has 0 spiro atoms. The number of hydrogen-bond acceptors (Lipinski definition) is 2. The maximum absolute atomic E-state index is 8.59. The Morgan fingerprint density at radius 3 is 1.73 bits per heavy atom. The summed E-state index contributed by atoms with van der Waals surface area (Å²) in [5, 5.41) is 0. The minimum absolute atomic E-state index is 1.17. The van der Waals surface area contributed by atoms with Gasteiger partial charge in [0.05, 0.1) is 0 Å². The van der Waals surface area contributed by atoms with Crippen LogP contribution in [-0.4, -0.2) is 40.9 Å². The Labute approximate surface area is 84.6 Å². The molecule has 0 aromatic heterocycles. The second-order valence-corrected chi connectivity index (χ2v) is 3.52. The molecule has 0 aliphatic heterocycles. The fourth-order valence-electron chi connectivity index (χ4n) is 0.534. The predicted octanol–water partition coefficient (Wildman–Crippen LogP) is -0.449. The van der Waals surface area contributed by atoms with Gasteiger partial charge < -0.3 is 0 Å². The third-order valence-electron chi connectivity index (χ3n) is 0.940. The Bertz CT molecular complexity index is 250. The third-order valence-corrected chi connectivity index (χ3v) is 1.61. The zero-order valence-electron chi connectivity index (χ0n) is 6.10. The summed E-state index contributed by atoms with van der Waals surface area (Å²) in [5.74, 6) is 0. The molecule has 3 nitrogen and oxygen atoms in total. The first kappa shape index (κ1) is 11.1. The van der Waals surface area contributed by atoms with Crippen LogP contribution < -0.4 is 2.81 Å². The molecular weight excluding hydrogens is 175 g/mol. The van der Waals surface area contributed by atoms with E-state index in [0.29, 0.717) is 0 Å². The minimum atomic E-state index is -3.12. The van der Waals surface area contributed by atoms with E-state index >= 15 is 0 Å². The molecule has 0 heterocycles. The summed E-state index contributed by atoms with van der Waals surface area (Å²) < 4.78 is 25.7. The molecule has 0 unspecified atom stereocenters. The van der Waals surface area contributed by atoms with E-state index in [9.17, 15) is 0 Å². The second kappa shape index (κ2) is 6.82. The van der Waals surface area contributed by atoms with E-state index in [-0.39, 0.29) is 0 Å². The maximum atomic E-state index is 8.59. The van der Waals surface area contributed by atoms with Crippen molar-refractivity contribution in [3.63, 3.8) is 0 Å². The van der Waals surface area contributed by atoms with E-state index in [1.807, 2.05) is 6.07 Å². The Hall–Kier alpha value is 0.130. The van der Waals surface area contributed by atoms with Crippen LogP contribution in [0.3, 0.4) is 0 Å². The first-order chi connectivity index (χ1) is 5.13. The Morgan fingerprint density at radius 2 is 1.55 bits per heavy atom. The van der Waals surface area contributed by atoms with E-state index < -0.39 is 11.0 Å². The van der Waals surface area contributed by atoms with Crippen molar-refractivity contribution in [2.75, 3.05) is 0 Å². The standard InChI is InChI=1S/C6H5.Na.H2O3S/c1-2-4-6-5-3-1;;1-4(2)3/h1-5H;;4H,(H,1,2,3). The van der Waals surface area contributed by atoms with E-state index in [2.05, 4.69) is 24.3 Å². The normalized spacial score (nSPS) is 8.73. The van der Waals surface area contributed by atoms with Gasteiger partial charge >= 0.3 is 61.1 Å². The molecule has 11 heavy (non-hydrogen) atoms. The molecule has 1 N–H and O–H groups in total. The summed E-state index contributed by atoms with van der Waals surface area (Å²) in [7, 11) is -3.12. The van der Waals surface area contributed by atoms with Crippen LogP contribution in [0.5, 0.6) is 0 Å². The molecule has 0 aliphatic rings. The molecule has 0 radical (unpaired) electrons. The number of thiol groups is 1. The van der Waals surface area contributed by atoms with Crippen LogP contribution in [0.15, 0.2) is 30.3 Å². The predicted molar refractivity (Wildman–Crippen MR) is 44.8 cm³/mol. The number of hydrogen-bond donors (Lipinski definition) is 2. The molecule has 5 heteroatoms. The molecule has 56 valence electrons. The summed E-state index contributed by atoms with van der Waals surface area (Å²) in [6, 6.07) is 10.5. The van der Waals surface area contributed by atoms with Crippen LogP contribution in [0.4, 0.5) is 0 Å². The van der Waals surface area contributed by atoms with Crippen LogP contribution in [0.2, 0.25) is 0 Å².